The van der Waals surface area contributed by atoms with Crippen LogP contribution in [0.4, 0.5) is 5.69 Å². The first-order valence-electron chi connectivity index (χ1n) is 8.74. The Kier molecular flexibility index (Phi) is 5.35. The van der Waals surface area contributed by atoms with E-state index in [4.69, 9.17) is 4.52 Å². The van der Waals surface area contributed by atoms with Gasteiger partial charge in [0.1, 0.15) is 12.1 Å². The standard InChI is InChI=1S/C21H15BrN4O3/c22-15-10-8-14(9-11-15)19-24-20(29-25-19)17-7-4-12-26(21(17)28)13-18(27)23-16-5-2-1-3-6-16/h1-12H,13H2,(H,23,27). The first-order chi connectivity index (χ1) is 14.1. The second-order valence-electron chi connectivity index (χ2n) is 6.20. The second kappa shape index (κ2) is 8.24. The third kappa shape index (κ3) is 4.33. The highest BCUT2D eigenvalue weighted by Crippen LogP contribution is 2.22. The van der Waals surface area contributed by atoms with Crippen molar-refractivity contribution in [2.24, 2.45) is 0 Å². The number of pyridine rings is 1. The maximum atomic E-state index is 12.8. The van der Waals surface area contributed by atoms with Crippen LogP contribution in [0.3, 0.4) is 0 Å². The summed E-state index contributed by atoms with van der Waals surface area (Å²) in [6.07, 6.45) is 1.54. The predicted octanol–water partition coefficient (Wildman–Crippen LogP) is 3.97. The van der Waals surface area contributed by atoms with E-state index in [2.05, 4.69) is 31.4 Å². The number of carbonyl (C=O) groups excluding carboxylic acids is 1. The minimum Gasteiger partial charge on any atom is -0.333 e. The lowest BCUT2D eigenvalue weighted by molar-refractivity contribution is -0.116. The maximum Gasteiger partial charge on any atom is 0.263 e. The molecule has 144 valence electrons. The number of para-hydroxylation sites is 1. The fraction of sp³-hybridized carbons (Fsp3) is 0.0476. The van der Waals surface area contributed by atoms with Gasteiger partial charge in [-0.1, -0.05) is 39.3 Å². The van der Waals surface area contributed by atoms with E-state index >= 15 is 0 Å². The maximum absolute atomic E-state index is 12.8. The summed E-state index contributed by atoms with van der Waals surface area (Å²) in [5.74, 6) is 0.173. The van der Waals surface area contributed by atoms with Crippen LogP contribution in [0.2, 0.25) is 0 Å². The monoisotopic (exact) mass is 450 g/mol. The van der Waals surface area contributed by atoms with Crippen molar-refractivity contribution in [2.75, 3.05) is 5.32 Å². The van der Waals surface area contributed by atoms with Crippen molar-refractivity contribution < 1.29 is 9.32 Å². The number of nitrogens with one attached hydrogen (secondary N) is 1. The highest BCUT2D eigenvalue weighted by atomic mass is 79.9. The summed E-state index contributed by atoms with van der Waals surface area (Å²) in [5.41, 5.74) is 1.28. The first kappa shape index (κ1) is 18.8. The van der Waals surface area contributed by atoms with E-state index in [1.165, 1.54) is 4.57 Å². The molecule has 1 N–H and O–H groups in total. The minimum absolute atomic E-state index is 0.103. The summed E-state index contributed by atoms with van der Waals surface area (Å²) in [4.78, 5) is 29.4. The van der Waals surface area contributed by atoms with Gasteiger partial charge in [-0.3, -0.25) is 9.59 Å². The molecule has 0 radical (unpaired) electrons. The number of nitrogens with zero attached hydrogens (tertiary/aromatic N) is 3. The molecule has 0 bridgehead atoms. The Morgan fingerprint density at radius 3 is 2.55 bits per heavy atom. The van der Waals surface area contributed by atoms with Gasteiger partial charge in [-0.25, -0.2) is 0 Å². The molecule has 0 saturated heterocycles. The smallest absolute Gasteiger partial charge is 0.263 e. The van der Waals surface area contributed by atoms with Gasteiger partial charge in [0.25, 0.3) is 11.4 Å². The van der Waals surface area contributed by atoms with Crippen LogP contribution in [0, 0.1) is 0 Å². The summed E-state index contributed by atoms with van der Waals surface area (Å²) in [7, 11) is 0. The Labute approximate surface area is 174 Å². The number of benzene rings is 2. The molecule has 8 heteroatoms. The Balaban J connectivity index is 1.56. The Hall–Kier alpha value is -3.52. The van der Waals surface area contributed by atoms with Crippen LogP contribution in [0.1, 0.15) is 0 Å². The van der Waals surface area contributed by atoms with Crippen molar-refractivity contribution >= 4 is 27.5 Å². The van der Waals surface area contributed by atoms with E-state index < -0.39 is 0 Å². The lowest BCUT2D eigenvalue weighted by atomic mass is 10.2. The molecule has 0 saturated carbocycles. The first-order valence-corrected chi connectivity index (χ1v) is 9.54. The molecule has 2 heterocycles. The molecule has 0 fully saturated rings. The lowest BCUT2D eigenvalue weighted by Gasteiger charge is -2.08. The number of carbonyl (C=O) groups is 1. The van der Waals surface area contributed by atoms with E-state index in [9.17, 15) is 9.59 Å². The highest BCUT2D eigenvalue weighted by molar-refractivity contribution is 9.10. The number of anilines is 1. The lowest BCUT2D eigenvalue weighted by Crippen LogP contribution is -2.28. The van der Waals surface area contributed by atoms with Gasteiger partial charge in [-0.2, -0.15) is 4.98 Å². The summed E-state index contributed by atoms with van der Waals surface area (Å²) in [5, 5.41) is 6.70. The van der Waals surface area contributed by atoms with Crippen LogP contribution in [0.25, 0.3) is 22.8 Å². The fourth-order valence-corrected chi connectivity index (χ4v) is 3.01. The number of aromatic nitrogens is 3. The van der Waals surface area contributed by atoms with Crippen LogP contribution < -0.4 is 10.9 Å². The molecule has 4 rings (SSSR count). The topological polar surface area (TPSA) is 90.0 Å². The van der Waals surface area contributed by atoms with Crippen molar-refractivity contribution in [3.05, 3.63) is 87.8 Å². The van der Waals surface area contributed by atoms with Crippen molar-refractivity contribution in [3.63, 3.8) is 0 Å². The average Bonchev–Trinajstić information content (AvgIpc) is 3.21. The molecular formula is C21H15BrN4O3. The third-order valence-electron chi connectivity index (χ3n) is 4.15. The molecule has 2 aromatic heterocycles. The predicted molar refractivity (Wildman–Crippen MR) is 112 cm³/mol. The SMILES string of the molecule is O=C(Cn1cccc(-c2nc(-c3ccc(Br)cc3)no2)c1=O)Nc1ccccc1. The van der Waals surface area contributed by atoms with Gasteiger partial charge in [-0.15, -0.1) is 0 Å². The Bertz CT molecular complexity index is 1200. The summed E-state index contributed by atoms with van der Waals surface area (Å²) < 4.78 is 7.52. The Morgan fingerprint density at radius 1 is 1.03 bits per heavy atom. The normalized spacial score (nSPS) is 10.7. The van der Waals surface area contributed by atoms with Crippen molar-refractivity contribution in [1.29, 1.82) is 0 Å². The number of amides is 1. The van der Waals surface area contributed by atoms with Crippen LogP contribution in [-0.4, -0.2) is 20.6 Å². The van der Waals surface area contributed by atoms with Gasteiger partial charge in [0, 0.05) is 21.9 Å². The molecule has 29 heavy (non-hydrogen) atoms. The van der Waals surface area contributed by atoms with Crippen LogP contribution in [-0.2, 0) is 11.3 Å². The molecule has 0 aliphatic carbocycles. The van der Waals surface area contributed by atoms with Gasteiger partial charge in [0.2, 0.25) is 11.7 Å². The van der Waals surface area contributed by atoms with Crippen LogP contribution >= 0.6 is 15.9 Å². The van der Waals surface area contributed by atoms with Crippen molar-refractivity contribution in [2.45, 2.75) is 6.54 Å². The molecule has 7 nitrogen and oxygen atoms in total. The number of hydrogen-bond acceptors (Lipinski definition) is 5. The second-order valence-corrected chi connectivity index (χ2v) is 7.11. The van der Waals surface area contributed by atoms with Crippen molar-refractivity contribution in [3.8, 4) is 22.8 Å². The fourth-order valence-electron chi connectivity index (χ4n) is 2.75. The zero-order valence-corrected chi connectivity index (χ0v) is 16.7. The molecule has 0 aliphatic rings. The molecule has 1 amide bonds. The van der Waals surface area contributed by atoms with Gasteiger partial charge < -0.3 is 14.4 Å². The number of halogens is 1. The van der Waals surface area contributed by atoms with Gasteiger partial charge in [0.05, 0.1) is 0 Å². The summed E-state index contributed by atoms with van der Waals surface area (Å²) in [6.45, 7) is -0.130. The molecule has 0 aliphatic heterocycles. The zero-order valence-electron chi connectivity index (χ0n) is 15.1. The number of hydrogen-bond donors (Lipinski definition) is 1. The summed E-state index contributed by atoms with van der Waals surface area (Å²) in [6, 6.07) is 19.7. The van der Waals surface area contributed by atoms with Gasteiger partial charge >= 0.3 is 0 Å². The molecule has 0 spiro atoms. The third-order valence-corrected chi connectivity index (χ3v) is 4.68. The largest absolute Gasteiger partial charge is 0.333 e. The van der Waals surface area contributed by atoms with E-state index in [1.54, 1.807) is 30.5 Å². The molecule has 2 aromatic carbocycles. The van der Waals surface area contributed by atoms with E-state index in [-0.39, 0.29) is 29.5 Å². The highest BCUT2D eigenvalue weighted by Gasteiger charge is 2.16. The average molecular weight is 451 g/mol. The molecular weight excluding hydrogens is 436 g/mol. The van der Waals surface area contributed by atoms with E-state index in [0.29, 0.717) is 11.5 Å². The zero-order chi connectivity index (χ0) is 20.2. The van der Waals surface area contributed by atoms with Crippen molar-refractivity contribution in [1.82, 2.24) is 14.7 Å². The van der Waals surface area contributed by atoms with Gasteiger partial charge in [-0.05, 0) is 48.5 Å². The van der Waals surface area contributed by atoms with Crippen LogP contribution in [0.5, 0.6) is 0 Å². The number of rotatable bonds is 5. The van der Waals surface area contributed by atoms with E-state index in [1.807, 2.05) is 42.5 Å². The molecule has 0 unspecified atom stereocenters. The summed E-state index contributed by atoms with van der Waals surface area (Å²) >= 11 is 3.38. The van der Waals surface area contributed by atoms with Crippen LogP contribution in [0.15, 0.2) is 86.7 Å². The minimum atomic E-state index is -0.387. The Morgan fingerprint density at radius 2 is 1.79 bits per heavy atom. The molecule has 0 atom stereocenters. The quantitative estimate of drug-likeness (QED) is 0.496. The van der Waals surface area contributed by atoms with E-state index in [0.717, 1.165) is 10.0 Å². The van der Waals surface area contributed by atoms with Gasteiger partial charge in [0.15, 0.2) is 0 Å². The molecule has 4 aromatic rings.